The molecule has 0 aliphatic rings. The van der Waals surface area contributed by atoms with Crippen LogP contribution in [0.3, 0.4) is 0 Å². The lowest BCUT2D eigenvalue weighted by atomic mass is 10.1. The molecule has 3 rings (SSSR count). The lowest BCUT2D eigenvalue weighted by molar-refractivity contribution is -0.114. The van der Waals surface area contributed by atoms with E-state index in [-0.39, 0.29) is 23.8 Å². The molecule has 1 amide bonds. The first-order valence-corrected chi connectivity index (χ1v) is 9.15. The SMILES string of the molecule is CSc1ccc(C(=O)Cn2cnc3ccccc3c2=O)cc1NC(C)=O. The molecule has 1 N–H and O–H groups in total. The molecule has 6 nitrogen and oxygen atoms in total. The van der Waals surface area contributed by atoms with E-state index in [0.29, 0.717) is 22.2 Å². The van der Waals surface area contributed by atoms with Gasteiger partial charge in [0.15, 0.2) is 5.78 Å². The van der Waals surface area contributed by atoms with E-state index in [1.807, 2.05) is 6.26 Å². The molecule has 2 aromatic carbocycles. The van der Waals surface area contributed by atoms with Crippen LogP contribution in [0.2, 0.25) is 0 Å². The zero-order valence-electron chi connectivity index (χ0n) is 14.4. The normalized spacial score (nSPS) is 10.7. The van der Waals surface area contributed by atoms with Crippen molar-refractivity contribution in [3.8, 4) is 0 Å². The summed E-state index contributed by atoms with van der Waals surface area (Å²) in [6.45, 7) is 1.30. The molecule has 0 aliphatic carbocycles. The number of anilines is 1. The molecule has 1 aromatic heterocycles. The topological polar surface area (TPSA) is 81.1 Å². The van der Waals surface area contributed by atoms with Crippen LogP contribution in [0.1, 0.15) is 17.3 Å². The summed E-state index contributed by atoms with van der Waals surface area (Å²) >= 11 is 1.47. The second-order valence-electron chi connectivity index (χ2n) is 5.71. The number of carbonyl (C=O) groups is 2. The highest BCUT2D eigenvalue weighted by Gasteiger charge is 2.13. The molecule has 26 heavy (non-hydrogen) atoms. The van der Waals surface area contributed by atoms with Gasteiger partial charge in [0.25, 0.3) is 5.56 Å². The van der Waals surface area contributed by atoms with Crippen LogP contribution in [0, 0.1) is 0 Å². The van der Waals surface area contributed by atoms with Crippen molar-refractivity contribution >= 4 is 40.0 Å². The van der Waals surface area contributed by atoms with Gasteiger partial charge in [-0.1, -0.05) is 18.2 Å². The van der Waals surface area contributed by atoms with Crippen molar-refractivity contribution in [2.75, 3.05) is 11.6 Å². The fourth-order valence-corrected chi connectivity index (χ4v) is 3.17. The Morgan fingerprint density at radius 1 is 1.19 bits per heavy atom. The van der Waals surface area contributed by atoms with Crippen LogP contribution in [0.5, 0.6) is 0 Å². The van der Waals surface area contributed by atoms with Gasteiger partial charge < -0.3 is 5.32 Å². The number of Topliss-reactive ketones (excluding diaryl/α,β-unsaturated/α-hetero) is 1. The van der Waals surface area contributed by atoms with E-state index in [0.717, 1.165) is 4.90 Å². The summed E-state index contributed by atoms with van der Waals surface area (Å²) in [5.74, 6) is -0.441. The molecule has 0 radical (unpaired) electrons. The van der Waals surface area contributed by atoms with Gasteiger partial charge in [0.05, 0.1) is 29.5 Å². The molecule has 0 atom stereocenters. The first-order valence-electron chi connectivity index (χ1n) is 7.92. The summed E-state index contributed by atoms with van der Waals surface area (Å²) < 4.78 is 1.30. The van der Waals surface area contributed by atoms with Crippen LogP contribution < -0.4 is 10.9 Å². The first kappa shape index (κ1) is 17.9. The lowest BCUT2D eigenvalue weighted by Crippen LogP contribution is -2.24. The van der Waals surface area contributed by atoms with Gasteiger partial charge in [-0.3, -0.25) is 19.0 Å². The van der Waals surface area contributed by atoms with E-state index in [1.165, 1.54) is 29.6 Å². The molecule has 7 heteroatoms. The molecule has 0 aliphatic heterocycles. The standard InChI is InChI=1S/C19H17N3O3S/c1-12(23)21-16-9-13(7-8-18(16)26-2)17(24)10-22-11-20-15-6-4-3-5-14(15)19(22)25/h3-9,11H,10H2,1-2H3,(H,21,23). The van der Waals surface area contributed by atoms with Gasteiger partial charge in [-0.25, -0.2) is 4.98 Å². The minimum absolute atomic E-state index is 0.116. The van der Waals surface area contributed by atoms with Crippen molar-refractivity contribution in [2.45, 2.75) is 18.4 Å². The highest BCUT2D eigenvalue weighted by Crippen LogP contribution is 2.26. The highest BCUT2D eigenvalue weighted by atomic mass is 32.2. The number of benzene rings is 2. The number of ketones is 1. The Hall–Kier alpha value is -2.93. The number of hydrogen-bond donors (Lipinski definition) is 1. The predicted molar refractivity (Wildman–Crippen MR) is 103 cm³/mol. The van der Waals surface area contributed by atoms with Crippen molar-refractivity contribution in [1.29, 1.82) is 0 Å². The third-order valence-corrected chi connectivity index (χ3v) is 4.67. The van der Waals surface area contributed by atoms with E-state index in [2.05, 4.69) is 10.3 Å². The highest BCUT2D eigenvalue weighted by molar-refractivity contribution is 7.98. The van der Waals surface area contributed by atoms with Crippen LogP contribution in [0.4, 0.5) is 5.69 Å². The Labute approximate surface area is 154 Å². The maximum absolute atomic E-state index is 12.6. The number of para-hydroxylation sites is 1. The average Bonchev–Trinajstić information content (AvgIpc) is 2.63. The first-order chi connectivity index (χ1) is 12.5. The van der Waals surface area contributed by atoms with Crippen molar-refractivity contribution in [2.24, 2.45) is 0 Å². The van der Waals surface area contributed by atoms with Crippen LogP contribution in [0.15, 0.2) is 58.5 Å². The Bertz CT molecular complexity index is 1060. The number of nitrogens with one attached hydrogen (secondary N) is 1. The molecule has 0 saturated heterocycles. The fourth-order valence-electron chi connectivity index (χ4n) is 2.63. The third kappa shape index (κ3) is 3.67. The zero-order chi connectivity index (χ0) is 18.7. The molecular formula is C19H17N3O3S. The lowest BCUT2D eigenvalue weighted by Gasteiger charge is -2.11. The number of carbonyl (C=O) groups excluding carboxylic acids is 2. The van der Waals surface area contributed by atoms with Crippen LogP contribution in [0.25, 0.3) is 10.9 Å². The Morgan fingerprint density at radius 3 is 2.69 bits per heavy atom. The number of nitrogens with zero attached hydrogens (tertiary/aromatic N) is 2. The largest absolute Gasteiger partial charge is 0.325 e. The van der Waals surface area contributed by atoms with E-state index in [4.69, 9.17) is 0 Å². The Kier molecular flexibility index (Phi) is 5.18. The maximum Gasteiger partial charge on any atom is 0.261 e. The van der Waals surface area contributed by atoms with Crippen molar-refractivity contribution < 1.29 is 9.59 Å². The number of rotatable bonds is 5. The van der Waals surface area contributed by atoms with E-state index >= 15 is 0 Å². The third-order valence-electron chi connectivity index (χ3n) is 3.88. The molecule has 3 aromatic rings. The summed E-state index contributed by atoms with van der Waals surface area (Å²) in [5.41, 5.74) is 1.34. The van der Waals surface area contributed by atoms with Gasteiger partial charge in [0, 0.05) is 17.4 Å². The second-order valence-corrected chi connectivity index (χ2v) is 6.56. The molecule has 0 bridgehead atoms. The molecule has 0 fully saturated rings. The van der Waals surface area contributed by atoms with Crippen molar-refractivity contribution in [3.05, 3.63) is 64.7 Å². The summed E-state index contributed by atoms with van der Waals surface area (Å²) in [4.78, 5) is 41.6. The molecule has 0 spiro atoms. The van der Waals surface area contributed by atoms with Gasteiger partial charge in [0.1, 0.15) is 0 Å². The summed E-state index contributed by atoms with van der Waals surface area (Å²) in [6.07, 6.45) is 3.27. The quantitative estimate of drug-likeness (QED) is 0.554. The summed E-state index contributed by atoms with van der Waals surface area (Å²) in [5, 5.41) is 3.20. The van der Waals surface area contributed by atoms with E-state index in [9.17, 15) is 14.4 Å². The summed E-state index contributed by atoms with van der Waals surface area (Å²) in [6, 6.07) is 12.1. The predicted octanol–water partition coefficient (Wildman–Crippen LogP) is 2.96. The van der Waals surface area contributed by atoms with Crippen LogP contribution in [-0.2, 0) is 11.3 Å². The van der Waals surface area contributed by atoms with Gasteiger partial charge in [-0.05, 0) is 30.5 Å². The van der Waals surface area contributed by atoms with Gasteiger partial charge >= 0.3 is 0 Å². The molecular weight excluding hydrogens is 350 g/mol. The van der Waals surface area contributed by atoms with Crippen molar-refractivity contribution in [1.82, 2.24) is 9.55 Å². The van der Waals surface area contributed by atoms with E-state index in [1.54, 1.807) is 42.5 Å². The second kappa shape index (κ2) is 7.53. The molecule has 1 heterocycles. The minimum atomic E-state index is -0.258. The minimum Gasteiger partial charge on any atom is -0.325 e. The molecule has 0 unspecified atom stereocenters. The molecule has 132 valence electrons. The van der Waals surface area contributed by atoms with Gasteiger partial charge in [-0.15, -0.1) is 11.8 Å². The van der Waals surface area contributed by atoms with Gasteiger partial charge in [-0.2, -0.15) is 0 Å². The van der Waals surface area contributed by atoms with Gasteiger partial charge in [0.2, 0.25) is 5.91 Å². The Balaban J connectivity index is 1.92. The number of amides is 1. The average molecular weight is 367 g/mol. The Morgan fingerprint density at radius 2 is 1.96 bits per heavy atom. The fraction of sp³-hybridized carbons (Fsp3) is 0.158. The number of hydrogen-bond acceptors (Lipinski definition) is 5. The smallest absolute Gasteiger partial charge is 0.261 e. The van der Waals surface area contributed by atoms with Crippen LogP contribution in [-0.4, -0.2) is 27.5 Å². The zero-order valence-corrected chi connectivity index (χ0v) is 15.2. The monoisotopic (exact) mass is 367 g/mol. The van der Waals surface area contributed by atoms with Crippen LogP contribution >= 0.6 is 11.8 Å². The molecule has 0 saturated carbocycles. The summed E-state index contributed by atoms with van der Waals surface area (Å²) in [7, 11) is 0. The number of fused-ring (bicyclic) bond motifs is 1. The number of aromatic nitrogens is 2. The van der Waals surface area contributed by atoms with E-state index < -0.39 is 0 Å². The maximum atomic E-state index is 12.6. The van der Waals surface area contributed by atoms with Crippen molar-refractivity contribution in [3.63, 3.8) is 0 Å². The number of thioether (sulfide) groups is 1.